The van der Waals surface area contributed by atoms with Crippen molar-refractivity contribution < 1.29 is 9.53 Å². The molecule has 0 aromatic carbocycles. The fraction of sp³-hybridized carbons (Fsp3) is 0.909. The van der Waals surface area contributed by atoms with E-state index in [9.17, 15) is 4.79 Å². The number of nitrogens with one attached hydrogen (secondary N) is 2. The summed E-state index contributed by atoms with van der Waals surface area (Å²) in [7, 11) is 1.66. The monoisotopic (exact) mass is 248 g/mol. The average Bonchev–Trinajstić information content (AvgIpc) is 2.30. The third kappa shape index (κ3) is 7.96. The summed E-state index contributed by atoms with van der Waals surface area (Å²) in [4.78, 5) is 11.6. The predicted molar refractivity (Wildman–Crippen MR) is 69.9 cm³/mol. The number of hydrogen-bond acceptors (Lipinski definition) is 4. The van der Waals surface area contributed by atoms with E-state index in [-0.39, 0.29) is 11.9 Å². The minimum absolute atomic E-state index is 0.0596. The van der Waals surface area contributed by atoms with Gasteiger partial charge in [-0.05, 0) is 19.6 Å². The zero-order valence-electron chi connectivity index (χ0n) is 10.7. The van der Waals surface area contributed by atoms with E-state index in [0.717, 1.165) is 13.0 Å². The Bertz CT molecular complexity index is 191. The maximum absolute atomic E-state index is 11.6. The van der Waals surface area contributed by atoms with Crippen LogP contribution in [0.15, 0.2) is 0 Å². The van der Waals surface area contributed by atoms with E-state index in [1.165, 1.54) is 0 Å². The lowest BCUT2D eigenvalue weighted by Crippen LogP contribution is -2.44. The lowest BCUT2D eigenvalue weighted by atomic mass is 10.3. The molecular formula is C11H24N2O2S. The van der Waals surface area contributed by atoms with Gasteiger partial charge in [-0.1, -0.05) is 6.92 Å². The van der Waals surface area contributed by atoms with Gasteiger partial charge in [0, 0.05) is 32.1 Å². The lowest BCUT2D eigenvalue weighted by Gasteiger charge is -2.16. The summed E-state index contributed by atoms with van der Waals surface area (Å²) >= 11 is 1.79. The van der Waals surface area contributed by atoms with E-state index < -0.39 is 0 Å². The molecule has 0 fully saturated rings. The Kier molecular flexibility index (Phi) is 9.77. The molecule has 0 bridgehead atoms. The van der Waals surface area contributed by atoms with Gasteiger partial charge in [0.05, 0.1) is 6.04 Å². The van der Waals surface area contributed by atoms with Gasteiger partial charge in [-0.2, -0.15) is 11.8 Å². The summed E-state index contributed by atoms with van der Waals surface area (Å²) in [5.74, 6) is 0.0596. The molecule has 5 heteroatoms. The normalized spacial score (nSPS) is 14.5. The van der Waals surface area contributed by atoms with Crippen molar-refractivity contribution in [1.29, 1.82) is 0 Å². The molecule has 2 atom stereocenters. The molecule has 0 radical (unpaired) electrons. The van der Waals surface area contributed by atoms with E-state index >= 15 is 0 Å². The first-order chi connectivity index (χ1) is 7.61. The Morgan fingerprint density at radius 2 is 2.12 bits per heavy atom. The van der Waals surface area contributed by atoms with Crippen LogP contribution in [0.2, 0.25) is 0 Å². The van der Waals surface area contributed by atoms with Crippen LogP contribution >= 0.6 is 11.8 Å². The molecule has 4 nitrogen and oxygen atoms in total. The van der Waals surface area contributed by atoms with Crippen LogP contribution in [0.25, 0.3) is 0 Å². The molecule has 0 saturated carbocycles. The molecule has 0 aliphatic rings. The maximum atomic E-state index is 11.6. The third-order valence-electron chi connectivity index (χ3n) is 2.33. The summed E-state index contributed by atoms with van der Waals surface area (Å²) in [6.45, 7) is 6.25. The van der Waals surface area contributed by atoms with Crippen LogP contribution in [0.3, 0.4) is 0 Å². The largest absolute Gasteiger partial charge is 0.385 e. The van der Waals surface area contributed by atoms with Crippen molar-refractivity contribution >= 4 is 17.7 Å². The summed E-state index contributed by atoms with van der Waals surface area (Å²) in [6.07, 6.45) is 2.93. The van der Waals surface area contributed by atoms with Crippen LogP contribution < -0.4 is 10.6 Å². The highest BCUT2D eigenvalue weighted by molar-refractivity contribution is 7.99. The van der Waals surface area contributed by atoms with Crippen molar-refractivity contribution in [1.82, 2.24) is 10.6 Å². The molecule has 0 aromatic rings. The molecule has 0 saturated heterocycles. The second kappa shape index (κ2) is 9.93. The molecule has 0 spiro atoms. The first kappa shape index (κ1) is 15.7. The molecule has 0 aromatic heterocycles. The van der Waals surface area contributed by atoms with E-state index in [2.05, 4.69) is 23.8 Å². The zero-order valence-corrected chi connectivity index (χ0v) is 11.5. The molecule has 96 valence electrons. The summed E-state index contributed by atoms with van der Waals surface area (Å²) < 4.78 is 4.91. The van der Waals surface area contributed by atoms with Gasteiger partial charge < -0.3 is 15.4 Å². The van der Waals surface area contributed by atoms with Gasteiger partial charge in [0.15, 0.2) is 0 Å². The number of carbonyl (C=O) groups is 1. The Balaban J connectivity index is 3.57. The molecule has 2 N–H and O–H groups in total. The van der Waals surface area contributed by atoms with Crippen molar-refractivity contribution in [2.75, 3.05) is 33.1 Å². The lowest BCUT2D eigenvalue weighted by molar-refractivity contribution is -0.122. The molecule has 0 aliphatic carbocycles. The molecule has 0 rings (SSSR count). The number of thioether (sulfide) groups is 1. The van der Waals surface area contributed by atoms with Crippen LogP contribution in [0.1, 0.15) is 20.3 Å². The number of ether oxygens (including phenoxy) is 1. The van der Waals surface area contributed by atoms with Crippen LogP contribution in [0.4, 0.5) is 0 Å². The van der Waals surface area contributed by atoms with Gasteiger partial charge >= 0.3 is 0 Å². The van der Waals surface area contributed by atoms with Crippen LogP contribution in [-0.2, 0) is 9.53 Å². The van der Waals surface area contributed by atoms with Crippen molar-refractivity contribution in [3.05, 3.63) is 0 Å². The Morgan fingerprint density at radius 3 is 2.69 bits per heavy atom. The highest BCUT2D eigenvalue weighted by atomic mass is 32.2. The molecule has 0 heterocycles. The standard InChI is InChI=1S/C11H24N2O2S/c1-9(16-4)8-13-10(2)11(14)12-6-5-7-15-3/h9-10,13H,5-8H2,1-4H3,(H,12,14). The van der Waals surface area contributed by atoms with E-state index in [1.54, 1.807) is 18.9 Å². The number of methoxy groups -OCH3 is 1. The van der Waals surface area contributed by atoms with E-state index in [0.29, 0.717) is 18.4 Å². The maximum Gasteiger partial charge on any atom is 0.236 e. The fourth-order valence-corrected chi connectivity index (χ4v) is 1.36. The van der Waals surface area contributed by atoms with Gasteiger partial charge in [0.25, 0.3) is 0 Å². The fourth-order valence-electron chi connectivity index (χ4n) is 1.10. The molecule has 0 aliphatic heterocycles. The number of carbonyl (C=O) groups excluding carboxylic acids is 1. The van der Waals surface area contributed by atoms with Crippen molar-refractivity contribution in [3.8, 4) is 0 Å². The summed E-state index contributed by atoms with van der Waals surface area (Å²) in [5.41, 5.74) is 0. The minimum atomic E-state index is -0.128. The van der Waals surface area contributed by atoms with E-state index in [4.69, 9.17) is 4.74 Å². The first-order valence-corrected chi connectivity index (χ1v) is 6.93. The van der Waals surface area contributed by atoms with Crippen molar-refractivity contribution in [2.45, 2.75) is 31.6 Å². The molecule has 2 unspecified atom stereocenters. The Hall–Kier alpha value is -0.260. The molecule has 16 heavy (non-hydrogen) atoms. The van der Waals surface area contributed by atoms with Crippen LogP contribution in [-0.4, -0.2) is 50.3 Å². The SMILES string of the molecule is COCCCNC(=O)C(C)NCC(C)SC. The Morgan fingerprint density at radius 1 is 1.44 bits per heavy atom. The van der Waals surface area contributed by atoms with E-state index in [1.807, 2.05) is 6.92 Å². The van der Waals surface area contributed by atoms with Crippen molar-refractivity contribution in [3.63, 3.8) is 0 Å². The Labute approximate surface area is 103 Å². The number of amides is 1. The summed E-state index contributed by atoms with van der Waals surface area (Å²) in [6, 6.07) is -0.128. The average molecular weight is 248 g/mol. The van der Waals surface area contributed by atoms with Gasteiger partial charge in [-0.3, -0.25) is 4.79 Å². The highest BCUT2D eigenvalue weighted by Gasteiger charge is 2.12. The number of hydrogen-bond donors (Lipinski definition) is 2. The summed E-state index contributed by atoms with van der Waals surface area (Å²) in [5, 5.41) is 6.61. The third-order valence-corrected chi connectivity index (χ3v) is 3.30. The second-order valence-corrected chi connectivity index (χ2v) is 5.09. The minimum Gasteiger partial charge on any atom is -0.385 e. The molecule has 1 amide bonds. The quantitative estimate of drug-likeness (QED) is 0.595. The van der Waals surface area contributed by atoms with Crippen LogP contribution in [0.5, 0.6) is 0 Å². The highest BCUT2D eigenvalue weighted by Crippen LogP contribution is 2.02. The molecular weight excluding hydrogens is 224 g/mol. The first-order valence-electron chi connectivity index (χ1n) is 5.64. The topological polar surface area (TPSA) is 50.4 Å². The smallest absolute Gasteiger partial charge is 0.236 e. The van der Waals surface area contributed by atoms with Gasteiger partial charge in [-0.25, -0.2) is 0 Å². The van der Waals surface area contributed by atoms with Crippen molar-refractivity contribution in [2.24, 2.45) is 0 Å². The predicted octanol–water partition coefficient (Wildman–Crippen LogP) is 0.869. The zero-order chi connectivity index (χ0) is 12.4. The van der Waals surface area contributed by atoms with Crippen LogP contribution in [0, 0.1) is 0 Å². The van der Waals surface area contributed by atoms with Gasteiger partial charge in [0.1, 0.15) is 0 Å². The van der Waals surface area contributed by atoms with Gasteiger partial charge in [0.2, 0.25) is 5.91 Å². The van der Waals surface area contributed by atoms with Gasteiger partial charge in [-0.15, -0.1) is 0 Å². The second-order valence-electron chi connectivity index (χ2n) is 3.81. The number of rotatable bonds is 9.